The lowest BCUT2D eigenvalue weighted by Crippen LogP contribution is -2.47. The van der Waals surface area contributed by atoms with E-state index in [0.717, 1.165) is 12.1 Å². The first-order valence-electron chi connectivity index (χ1n) is 13.1. The number of phenols is 6. The summed E-state index contributed by atoms with van der Waals surface area (Å²) in [5, 5.41) is 84.1. The van der Waals surface area contributed by atoms with Gasteiger partial charge in [-0.3, -0.25) is 10.1 Å². The minimum Gasteiger partial charge on any atom is -0.507 e. The van der Waals surface area contributed by atoms with Crippen molar-refractivity contribution in [3.05, 3.63) is 92.5 Å². The predicted octanol–water partition coefficient (Wildman–Crippen LogP) is 4.03. The first kappa shape index (κ1) is 26.3. The van der Waals surface area contributed by atoms with Crippen LogP contribution in [0.25, 0.3) is 0 Å². The maximum Gasteiger partial charge on any atom is 0.279 e. The van der Waals surface area contributed by atoms with Gasteiger partial charge in [0.25, 0.3) is 11.5 Å². The summed E-state index contributed by atoms with van der Waals surface area (Å²) in [7, 11) is 0. The van der Waals surface area contributed by atoms with Crippen LogP contribution in [0, 0.1) is 10.1 Å². The Morgan fingerprint density at radius 2 is 1.53 bits per heavy atom. The van der Waals surface area contributed by atoms with E-state index in [1.165, 1.54) is 42.5 Å². The van der Waals surface area contributed by atoms with Gasteiger partial charge in [-0.15, -0.1) is 0 Å². The highest BCUT2D eigenvalue weighted by Gasteiger charge is 2.53. The molecule has 4 atom stereocenters. The number of hydrogen-bond acceptors (Lipinski definition) is 12. The second-order valence-corrected chi connectivity index (χ2v) is 10.7. The zero-order chi connectivity index (χ0) is 30.4. The Labute approximate surface area is 241 Å². The third-order valence-electron chi connectivity index (χ3n) is 8.16. The molecule has 13 nitrogen and oxygen atoms in total. The van der Waals surface area contributed by atoms with Gasteiger partial charge in [0.2, 0.25) is 0 Å². The molecule has 0 radical (unpaired) electrons. The van der Waals surface area contributed by atoms with Crippen molar-refractivity contribution in [3.8, 4) is 51.7 Å². The molecule has 7 rings (SSSR count). The van der Waals surface area contributed by atoms with Crippen LogP contribution in [0.15, 0.2) is 54.6 Å². The number of nitro benzene ring substituents is 1. The third kappa shape index (κ3) is 3.89. The van der Waals surface area contributed by atoms with Crippen molar-refractivity contribution in [1.29, 1.82) is 0 Å². The van der Waals surface area contributed by atoms with Crippen molar-refractivity contribution < 1.29 is 54.9 Å². The van der Waals surface area contributed by atoms with Crippen molar-refractivity contribution in [2.24, 2.45) is 0 Å². The first-order chi connectivity index (χ1) is 20.5. The summed E-state index contributed by atoms with van der Waals surface area (Å²) >= 11 is 0. The molecule has 7 N–H and O–H groups in total. The molecule has 43 heavy (non-hydrogen) atoms. The molecule has 0 fully saturated rings. The van der Waals surface area contributed by atoms with Crippen LogP contribution in [0.4, 0.5) is 5.69 Å². The van der Waals surface area contributed by atoms with E-state index in [1.54, 1.807) is 0 Å². The number of aliphatic hydroxyl groups is 1. The molecule has 4 aromatic carbocycles. The minimum atomic E-state index is -1.72. The van der Waals surface area contributed by atoms with Crippen LogP contribution in [0.3, 0.4) is 0 Å². The normalized spacial score (nSPS) is 23.0. The third-order valence-corrected chi connectivity index (χ3v) is 8.16. The number of hydrogen-bond donors (Lipinski definition) is 7. The van der Waals surface area contributed by atoms with Gasteiger partial charge in [-0.1, -0.05) is 6.07 Å². The van der Waals surface area contributed by atoms with E-state index in [4.69, 9.17) is 14.2 Å². The Morgan fingerprint density at radius 1 is 0.814 bits per heavy atom. The molecule has 3 aliphatic heterocycles. The van der Waals surface area contributed by atoms with E-state index in [1.807, 2.05) is 0 Å². The van der Waals surface area contributed by atoms with Crippen LogP contribution in [-0.4, -0.2) is 46.8 Å². The molecule has 0 aromatic heterocycles. The average molecular weight is 590 g/mol. The van der Waals surface area contributed by atoms with Gasteiger partial charge in [0.1, 0.15) is 29.1 Å². The zero-order valence-electron chi connectivity index (χ0n) is 22.0. The summed E-state index contributed by atoms with van der Waals surface area (Å²) in [6.07, 6.45) is -2.29. The van der Waals surface area contributed by atoms with Gasteiger partial charge in [-0.25, -0.2) is 0 Å². The summed E-state index contributed by atoms with van der Waals surface area (Å²) < 4.78 is 19.0. The van der Waals surface area contributed by atoms with Crippen molar-refractivity contribution in [2.75, 3.05) is 0 Å². The molecule has 220 valence electrons. The van der Waals surface area contributed by atoms with E-state index >= 15 is 0 Å². The average Bonchev–Trinajstić information content (AvgIpc) is 2.96. The quantitative estimate of drug-likeness (QED) is 0.103. The number of ether oxygens (including phenoxy) is 3. The lowest BCUT2D eigenvalue weighted by molar-refractivity contribution is -0.385. The fourth-order valence-corrected chi connectivity index (χ4v) is 6.13. The number of nitrogens with zero attached hydrogens (tertiary/aromatic N) is 1. The lowest BCUT2D eigenvalue weighted by Gasteiger charge is -2.47. The van der Waals surface area contributed by atoms with Gasteiger partial charge in [-0.05, 0) is 35.9 Å². The van der Waals surface area contributed by atoms with E-state index in [9.17, 15) is 45.9 Å². The molecule has 4 aromatic rings. The second kappa shape index (κ2) is 8.97. The highest BCUT2D eigenvalue weighted by atomic mass is 16.7. The van der Waals surface area contributed by atoms with Crippen molar-refractivity contribution in [2.45, 2.75) is 36.8 Å². The fraction of sp³-hybridized carbons (Fsp3) is 0.200. The van der Waals surface area contributed by atoms with Gasteiger partial charge < -0.3 is 50.0 Å². The summed E-state index contributed by atoms with van der Waals surface area (Å²) in [6, 6.07) is 11.6. The van der Waals surface area contributed by atoms with Crippen LogP contribution in [0.2, 0.25) is 0 Å². The highest BCUT2D eigenvalue weighted by molar-refractivity contribution is 5.66. The van der Waals surface area contributed by atoms with E-state index in [-0.39, 0.29) is 58.4 Å². The Balaban J connectivity index is 1.44. The Morgan fingerprint density at radius 3 is 2.23 bits per heavy atom. The summed E-state index contributed by atoms with van der Waals surface area (Å²) in [4.78, 5) is 11.1. The molecule has 2 unspecified atom stereocenters. The van der Waals surface area contributed by atoms with Crippen molar-refractivity contribution >= 4 is 5.69 Å². The smallest absolute Gasteiger partial charge is 0.279 e. The zero-order valence-corrected chi connectivity index (χ0v) is 22.0. The molecule has 0 aliphatic carbocycles. The van der Waals surface area contributed by atoms with Gasteiger partial charge in [0, 0.05) is 59.2 Å². The van der Waals surface area contributed by atoms with Gasteiger partial charge in [0.15, 0.2) is 28.7 Å². The number of nitro groups is 1. The topological polar surface area (TPSA) is 212 Å². The van der Waals surface area contributed by atoms with Crippen LogP contribution in [0.1, 0.15) is 46.3 Å². The molecule has 3 aliphatic rings. The van der Waals surface area contributed by atoms with E-state index in [2.05, 4.69) is 0 Å². The number of rotatable bonds is 3. The number of fused-ring (bicyclic) bond motifs is 8. The van der Waals surface area contributed by atoms with Gasteiger partial charge in [-0.2, -0.15) is 0 Å². The number of benzene rings is 4. The largest absolute Gasteiger partial charge is 0.507 e. The summed E-state index contributed by atoms with van der Waals surface area (Å²) in [6.45, 7) is 0. The highest BCUT2D eigenvalue weighted by Crippen LogP contribution is 2.61. The van der Waals surface area contributed by atoms with Crippen LogP contribution in [-0.2, 0) is 12.2 Å². The molecule has 3 heterocycles. The Hall–Kier alpha value is -5.56. The van der Waals surface area contributed by atoms with Crippen LogP contribution in [0.5, 0.6) is 51.7 Å². The minimum absolute atomic E-state index is 0.0361. The molecule has 2 bridgehead atoms. The Kier molecular flexibility index (Phi) is 5.49. The number of non-ortho nitro benzene ring substituents is 1. The first-order valence-corrected chi connectivity index (χ1v) is 13.1. The van der Waals surface area contributed by atoms with E-state index < -0.39 is 51.8 Å². The molecule has 0 saturated heterocycles. The van der Waals surface area contributed by atoms with Crippen molar-refractivity contribution in [3.63, 3.8) is 0 Å². The number of phenolic OH excluding ortho intramolecular Hbond substituents is 6. The molecular weight excluding hydrogens is 566 g/mol. The fourth-order valence-electron chi connectivity index (χ4n) is 6.13. The monoisotopic (exact) mass is 589 g/mol. The SMILES string of the molecule is O=[N+]([O-])c1ccc2c(c1)C1CC(c3cc(O)c(O)c(O)c3)(O2)Oc2cc(O)c3c(c21)O[C@H](c1ccc(O)c(O)c1)[C@H](O)C3. The summed E-state index contributed by atoms with van der Waals surface area (Å²) in [5.74, 6) is -5.08. The number of aliphatic hydroxyl groups excluding tert-OH is 1. The second-order valence-electron chi connectivity index (χ2n) is 10.7. The van der Waals surface area contributed by atoms with Crippen LogP contribution < -0.4 is 14.2 Å². The number of aromatic hydroxyl groups is 6. The lowest BCUT2D eigenvalue weighted by atomic mass is 9.76. The molecular formula is C30H23NO12. The van der Waals surface area contributed by atoms with Crippen molar-refractivity contribution in [1.82, 2.24) is 0 Å². The molecule has 0 saturated carbocycles. The van der Waals surface area contributed by atoms with Gasteiger partial charge >= 0.3 is 0 Å². The maximum atomic E-state index is 11.7. The standard InChI is InChI=1S/C30H23NO12/c32-18-3-1-12(5-20(18)34)28-23(37)9-16-19(33)10-25-26(29(16)41-28)17-11-30(43-25,13-6-21(35)27(38)22(36)7-13)42-24-4-2-14(31(39)40)8-15(17)24/h1-8,10,17,23,28,32-38H,9,11H2/t17?,23-,28-,30?/m1/s1. The molecule has 0 spiro atoms. The molecule has 13 heteroatoms. The Bertz CT molecular complexity index is 1830. The van der Waals surface area contributed by atoms with Gasteiger partial charge in [0.05, 0.1) is 11.0 Å². The maximum absolute atomic E-state index is 11.7. The predicted molar refractivity (Wildman–Crippen MR) is 145 cm³/mol. The van der Waals surface area contributed by atoms with E-state index in [0.29, 0.717) is 16.7 Å². The molecule has 0 amide bonds. The summed E-state index contributed by atoms with van der Waals surface area (Å²) in [5.41, 5.74) is 1.33. The van der Waals surface area contributed by atoms with Crippen LogP contribution >= 0.6 is 0 Å².